The van der Waals surface area contributed by atoms with Gasteiger partial charge in [0.15, 0.2) is 0 Å². The number of carbonyl (C=O) groups is 2. The Bertz CT molecular complexity index is 566. The second-order valence-electron chi connectivity index (χ2n) is 7.92. The lowest BCUT2D eigenvalue weighted by atomic mass is 10.2. The van der Waals surface area contributed by atoms with Crippen LogP contribution in [0.15, 0.2) is 12.7 Å². The first-order valence-electron chi connectivity index (χ1n) is 8.64. The highest BCUT2D eigenvalue weighted by Crippen LogP contribution is 2.05. The smallest absolute Gasteiger partial charge is 0.330 e. The molecule has 9 nitrogen and oxygen atoms in total. The normalized spacial score (nSPS) is 11.9. The van der Waals surface area contributed by atoms with E-state index in [4.69, 9.17) is 9.29 Å². The number of nitrogens with zero attached hydrogens (tertiary/aromatic N) is 2. The van der Waals surface area contributed by atoms with Crippen molar-refractivity contribution in [3.05, 3.63) is 12.7 Å². The number of unbranched alkanes of at least 4 members (excludes halogenated alkanes) is 1. The van der Waals surface area contributed by atoms with E-state index in [0.717, 1.165) is 25.5 Å². The third-order valence-corrected chi connectivity index (χ3v) is 4.14. The molecule has 0 aromatic carbocycles. The molecule has 0 spiro atoms. The number of carboxylic acids is 1. The van der Waals surface area contributed by atoms with Gasteiger partial charge in [0.2, 0.25) is 0 Å². The van der Waals surface area contributed by atoms with E-state index < -0.39 is 22.1 Å². The molecule has 0 aliphatic carbocycles. The van der Waals surface area contributed by atoms with Gasteiger partial charge in [-0.3, -0.25) is 4.55 Å². The summed E-state index contributed by atoms with van der Waals surface area (Å²) in [4.78, 5) is 20.7. The van der Waals surface area contributed by atoms with Crippen LogP contribution in [-0.4, -0.2) is 101 Å². The minimum absolute atomic E-state index is 0.0694. The van der Waals surface area contributed by atoms with E-state index in [1.54, 1.807) is 21.1 Å². The van der Waals surface area contributed by atoms with E-state index in [1.165, 1.54) is 0 Å². The quantitative estimate of drug-likeness (QED) is 0.148. The number of hydrogen-bond donors (Lipinski definition) is 1. The van der Waals surface area contributed by atoms with Crippen molar-refractivity contribution in [1.29, 1.82) is 0 Å². The molecule has 0 saturated carbocycles. The molecule has 10 heteroatoms. The summed E-state index contributed by atoms with van der Waals surface area (Å²) in [5.41, 5.74) is 0. The predicted octanol–water partition coefficient (Wildman–Crippen LogP) is -0.707. The van der Waals surface area contributed by atoms with Crippen LogP contribution in [0.5, 0.6) is 0 Å². The van der Waals surface area contributed by atoms with Gasteiger partial charge in [-0.05, 0) is 12.8 Å². The van der Waals surface area contributed by atoms with Crippen LogP contribution >= 0.6 is 0 Å². The number of aliphatic carboxylic acids is 1. The van der Waals surface area contributed by atoms with Gasteiger partial charge >= 0.3 is 5.97 Å². The molecule has 0 heterocycles. The first kappa shape index (κ1) is 27.7. The number of likely N-dealkylation sites (N-methyl/N-ethyl adjacent to an activating group) is 1. The highest BCUT2D eigenvalue weighted by Gasteiger charge is 2.16. The topological polar surface area (TPSA) is 121 Å². The summed E-state index contributed by atoms with van der Waals surface area (Å²) in [6.07, 6.45) is 3.20. The zero-order valence-electron chi connectivity index (χ0n) is 17.1. The molecule has 0 fully saturated rings. The summed E-state index contributed by atoms with van der Waals surface area (Å²) < 4.78 is 35.8. The van der Waals surface area contributed by atoms with Crippen LogP contribution < -0.4 is 5.11 Å². The first-order valence-corrected chi connectivity index (χ1v) is 10.3. The lowest BCUT2D eigenvalue weighted by Gasteiger charge is -2.29. The molecule has 0 amide bonds. The Morgan fingerprint density at radius 2 is 1.59 bits per heavy atom. The minimum Gasteiger partial charge on any atom is -0.544 e. The molecule has 0 saturated heterocycles. The summed E-state index contributed by atoms with van der Waals surface area (Å²) >= 11 is 0. The molecule has 0 aliphatic rings. The van der Waals surface area contributed by atoms with Crippen molar-refractivity contribution < 1.29 is 41.4 Å². The minimum atomic E-state index is -3.87. The lowest BCUT2D eigenvalue weighted by Crippen LogP contribution is -2.45. The van der Waals surface area contributed by atoms with Crippen LogP contribution in [-0.2, 0) is 24.4 Å². The van der Waals surface area contributed by atoms with Crippen LogP contribution in [0.2, 0.25) is 0 Å². The van der Waals surface area contributed by atoms with E-state index in [0.29, 0.717) is 28.5 Å². The van der Waals surface area contributed by atoms with Gasteiger partial charge in [0.25, 0.3) is 10.1 Å². The first-order chi connectivity index (χ1) is 12.1. The van der Waals surface area contributed by atoms with Crippen molar-refractivity contribution in [2.75, 3.05) is 67.2 Å². The molecule has 0 aliphatic heterocycles. The Morgan fingerprint density at radius 3 is 1.96 bits per heavy atom. The summed E-state index contributed by atoms with van der Waals surface area (Å²) in [5.74, 6) is -1.62. The Kier molecular flexibility index (Phi) is 13.2. The van der Waals surface area contributed by atoms with E-state index in [2.05, 4.69) is 6.58 Å². The molecule has 0 radical (unpaired) electrons. The molecule has 0 bridgehead atoms. The predicted molar refractivity (Wildman–Crippen MR) is 101 cm³/mol. The highest BCUT2D eigenvalue weighted by molar-refractivity contribution is 7.85. The summed E-state index contributed by atoms with van der Waals surface area (Å²) in [7, 11) is 5.54. The van der Waals surface area contributed by atoms with Gasteiger partial charge in [-0.15, -0.1) is 0 Å². The molecule has 0 unspecified atom stereocenters. The number of carbonyl (C=O) groups excluding carboxylic acids is 2. The second kappa shape index (κ2) is 12.8. The van der Waals surface area contributed by atoms with Gasteiger partial charge in [-0.2, -0.15) is 8.42 Å². The maximum Gasteiger partial charge on any atom is 0.330 e. The fraction of sp³-hybridized carbons (Fsp3) is 0.765. The zero-order chi connectivity index (χ0) is 21.7. The van der Waals surface area contributed by atoms with Crippen molar-refractivity contribution >= 4 is 22.1 Å². The molecule has 0 aromatic heterocycles. The van der Waals surface area contributed by atoms with E-state index in [1.807, 2.05) is 14.1 Å². The fourth-order valence-electron chi connectivity index (χ4n) is 2.05. The van der Waals surface area contributed by atoms with E-state index in [-0.39, 0.29) is 12.3 Å². The monoisotopic (exact) mass is 411 g/mol. The van der Waals surface area contributed by atoms with Crippen molar-refractivity contribution in [3.63, 3.8) is 0 Å². The number of quaternary nitrogens is 2. The Hall–Kier alpha value is -1.49. The largest absolute Gasteiger partial charge is 0.544 e. The zero-order valence-corrected chi connectivity index (χ0v) is 18.0. The third-order valence-electron chi connectivity index (χ3n) is 3.34. The van der Waals surface area contributed by atoms with Crippen LogP contribution in [0.1, 0.15) is 19.3 Å². The standard InChI is InChI=1S/C12H23NO5S.C5H11NO2/c1-4-12(14)18-10-6-5-8-13(2,3)9-7-11-19(15,16)17;1-6(2,3)4-5(7)8/h4H,1,5-11H2,2-3H3;4H2,1-3H3/p+1. The maximum atomic E-state index is 10.8. The molecular weight excluding hydrogens is 376 g/mol. The van der Waals surface area contributed by atoms with Crippen LogP contribution in [0.4, 0.5) is 0 Å². The average molecular weight is 412 g/mol. The molecule has 27 heavy (non-hydrogen) atoms. The van der Waals surface area contributed by atoms with Crippen molar-refractivity contribution in [2.24, 2.45) is 0 Å². The van der Waals surface area contributed by atoms with E-state index >= 15 is 0 Å². The number of esters is 1. The number of hydrogen-bond acceptors (Lipinski definition) is 6. The van der Waals surface area contributed by atoms with Gasteiger partial charge in [0, 0.05) is 12.5 Å². The SMILES string of the molecule is C=CC(=O)OCCCC[N+](C)(C)CCCS(=O)(=O)O.C[N+](C)(C)CC(=O)[O-]. The average Bonchev–Trinajstić information content (AvgIpc) is 2.42. The van der Waals surface area contributed by atoms with Crippen LogP contribution in [0.3, 0.4) is 0 Å². The molecule has 0 atom stereocenters. The van der Waals surface area contributed by atoms with Crippen LogP contribution in [0.25, 0.3) is 0 Å². The van der Waals surface area contributed by atoms with Gasteiger partial charge in [-0.1, -0.05) is 6.58 Å². The van der Waals surface area contributed by atoms with Gasteiger partial charge in [0.05, 0.1) is 66.7 Å². The number of ether oxygens (including phenoxy) is 1. The van der Waals surface area contributed by atoms with Gasteiger partial charge in [-0.25, -0.2) is 4.79 Å². The molecule has 160 valence electrons. The number of rotatable bonds is 12. The Morgan fingerprint density at radius 1 is 1.07 bits per heavy atom. The highest BCUT2D eigenvalue weighted by atomic mass is 32.2. The summed E-state index contributed by atoms with van der Waals surface area (Å²) in [6.45, 7) is 5.28. The fourth-order valence-corrected chi connectivity index (χ4v) is 2.54. The van der Waals surface area contributed by atoms with Gasteiger partial charge < -0.3 is 23.6 Å². The molecule has 1 N–H and O–H groups in total. The second-order valence-corrected chi connectivity index (χ2v) is 9.49. The molecule has 0 rings (SSSR count). The van der Waals surface area contributed by atoms with Crippen molar-refractivity contribution in [2.45, 2.75) is 19.3 Å². The van der Waals surface area contributed by atoms with Crippen molar-refractivity contribution in [1.82, 2.24) is 0 Å². The van der Waals surface area contributed by atoms with Gasteiger partial charge in [0.1, 0.15) is 6.54 Å². The Balaban J connectivity index is 0. The van der Waals surface area contributed by atoms with Crippen molar-refractivity contribution in [3.8, 4) is 0 Å². The number of carboxylic acid groups (broad SMARTS) is 1. The molecular formula is C17H35N2O7S+. The van der Waals surface area contributed by atoms with Crippen LogP contribution in [0, 0.1) is 0 Å². The Labute approximate surface area is 163 Å². The van der Waals surface area contributed by atoms with E-state index in [9.17, 15) is 23.1 Å². The third kappa shape index (κ3) is 24.5. The summed E-state index contributed by atoms with van der Waals surface area (Å²) in [5, 5.41) is 9.89. The maximum absolute atomic E-state index is 10.8. The lowest BCUT2D eigenvalue weighted by molar-refractivity contribution is -0.890. The summed E-state index contributed by atoms with van der Waals surface area (Å²) in [6, 6.07) is 0. The molecule has 0 aromatic rings.